The highest BCUT2D eigenvalue weighted by Crippen LogP contribution is 2.29. The van der Waals surface area contributed by atoms with E-state index in [1.54, 1.807) is 6.92 Å². The fraction of sp³-hybridized carbons (Fsp3) is 0.474. The number of halogens is 1. The van der Waals surface area contributed by atoms with Crippen LogP contribution in [0.4, 0.5) is 10.1 Å². The van der Waals surface area contributed by atoms with Gasteiger partial charge in [0.15, 0.2) is 0 Å². The van der Waals surface area contributed by atoms with Crippen LogP contribution in [0.1, 0.15) is 37.2 Å². The standard InChI is InChI=1S/C19H24FN3O3/c1-3-26-19(25)18-17(14-10-13(20)4-5-15(14)21-18)22-16(24)11-23-8-6-12(2)7-9-23/h4-5,10,12,21H,3,6-9,11H2,1-2H3,(H,22,24). The lowest BCUT2D eigenvalue weighted by Gasteiger charge is -2.29. The molecular weight excluding hydrogens is 337 g/mol. The van der Waals surface area contributed by atoms with Crippen molar-refractivity contribution in [1.29, 1.82) is 0 Å². The first kappa shape index (κ1) is 18.4. The summed E-state index contributed by atoms with van der Waals surface area (Å²) in [7, 11) is 0. The van der Waals surface area contributed by atoms with E-state index in [1.165, 1.54) is 18.2 Å². The van der Waals surface area contributed by atoms with Crippen LogP contribution in [0, 0.1) is 11.7 Å². The third kappa shape index (κ3) is 4.04. The van der Waals surface area contributed by atoms with Crippen LogP contribution in [-0.2, 0) is 9.53 Å². The number of anilines is 1. The van der Waals surface area contributed by atoms with Gasteiger partial charge in [0.25, 0.3) is 0 Å². The van der Waals surface area contributed by atoms with E-state index in [0.29, 0.717) is 16.8 Å². The van der Waals surface area contributed by atoms with Crippen LogP contribution in [0.2, 0.25) is 0 Å². The maximum atomic E-state index is 13.7. The van der Waals surface area contributed by atoms with Crippen molar-refractivity contribution in [1.82, 2.24) is 9.88 Å². The molecule has 26 heavy (non-hydrogen) atoms. The minimum Gasteiger partial charge on any atom is -0.461 e. The molecule has 1 aromatic carbocycles. The van der Waals surface area contributed by atoms with E-state index in [2.05, 4.69) is 22.1 Å². The number of benzene rings is 1. The number of amides is 1. The van der Waals surface area contributed by atoms with Gasteiger partial charge in [-0.25, -0.2) is 9.18 Å². The molecule has 3 rings (SSSR count). The third-order valence-electron chi connectivity index (χ3n) is 4.75. The van der Waals surface area contributed by atoms with Gasteiger partial charge in [0, 0.05) is 10.9 Å². The lowest BCUT2D eigenvalue weighted by molar-refractivity contribution is -0.117. The summed E-state index contributed by atoms with van der Waals surface area (Å²) < 4.78 is 18.7. The maximum absolute atomic E-state index is 13.7. The van der Waals surface area contributed by atoms with Crippen LogP contribution in [-0.4, -0.2) is 48.0 Å². The maximum Gasteiger partial charge on any atom is 0.356 e. The van der Waals surface area contributed by atoms with Gasteiger partial charge in [-0.1, -0.05) is 6.92 Å². The van der Waals surface area contributed by atoms with E-state index in [9.17, 15) is 14.0 Å². The predicted molar refractivity (Wildman–Crippen MR) is 97.7 cm³/mol. The first-order valence-electron chi connectivity index (χ1n) is 8.98. The minimum atomic E-state index is -0.578. The van der Waals surface area contributed by atoms with Crippen LogP contribution < -0.4 is 5.32 Å². The van der Waals surface area contributed by atoms with Gasteiger partial charge in [0.2, 0.25) is 5.91 Å². The molecule has 0 radical (unpaired) electrons. The Hall–Kier alpha value is -2.41. The number of piperidine rings is 1. The number of hydrogen-bond donors (Lipinski definition) is 2. The van der Waals surface area contributed by atoms with Crippen molar-refractivity contribution in [2.45, 2.75) is 26.7 Å². The van der Waals surface area contributed by atoms with E-state index in [1.807, 2.05) is 0 Å². The molecule has 0 unspecified atom stereocenters. The van der Waals surface area contributed by atoms with Crippen molar-refractivity contribution < 1.29 is 18.7 Å². The van der Waals surface area contributed by atoms with E-state index in [-0.39, 0.29) is 30.4 Å². The summed E-state index contributed by atoms with van der Waals surface area (Å²) in [4.78, 5) is 29.7. The first-order chi connectivity index (χ1) is 12.5. The lowest BCUT2D eigenvalue weighted by atomic mass is 9.99. The fourth-order valence-electron chi connectivity index (χ4n) is 3.25. The number of carbonyl (C=O) groups excluding carboxylic acids is 2. The summed E-state index contributed by atoms with van der Waals surface area (Å²) in [6, 6.07) is 4.14. The molecule has 1 saturated heterocycles. The number of ether oxygens (including phenoxy) is 1. The zero-order valence-electron chi connectivity index (χ0n) is 15.1. The second-order valence-electron chi connectivity index (χ2n) is 6.79. The topological polar surface area (TPSA) is 74.4 Å². The number of fused-ring (bicyclic) bond motifs is 1. The monoisotopic (exact) mass is 361 g/mol. The van der Waals surface area contributed by atoms with Gasteiger partial charge in [-0.3, -0.25) is 9.69 Å². The molecule has 2 heterocycles. The smallest absolute Gasteiger partial charge is 0.356 e. The molecule has 140 valence electrons. The number of carbonyl (C=O) groups is 2. The van der Waals surface area contributed by atoms with E-state index < -0.39 is 11.8 Å². The quantitative estimate of drug-likeness (QED) is 0.803. The van der Waals surface area contributed by atoms with Crippen molar-refractivity contribution in [3.8, 4) is 0 Å². The first-order valence-corrected chi connectivity index (χ1v) is 8.98. The highest BCUT2D eigenvalue weighted by molar-refractivity contribution is 6.11. The lowest BCUT2D eigenvalue weighted by Crippen LogP contribution is -2.38. The van der Waals surface area contributed by atoms with Crippen molar-refractivity contribution in [3.05, 3.63) is 29.7 Å². The molecule has 1 aliphatic rings. The molecule has 0 spiro atoms. The summed E-state index contributed by atoms with van der Waals surface area (Å²) in [6.45, 7) is 6.13. The van der Waals surface area contributed by atoms with Crippen LogP contribution in [0.5, 0.6) is 0 Å². The number of aromatic nitrogens is 1. The summed E-state index contributed by atoms with van der Waals surface area (Å²) in [5.41, 5.74) is 0.970. The zero-order valence-corrected chi connectivity index (χ0v) is 15.1. The Labute approximate surface area is 151 Å². The molecule has 1 amide bonds. The van der Waals surface area contributed by atoms with Gasteiger partial charge in [-0.2, -0.15) is 0 Å². The number of nitrogens with one attached hydrogen (secondary N) is 2. The molecule has 0 saturated carbocycles. The Kier molecular flexibility index (Phi) is 5.56. The van der Waals surface area contributed by atoms with Crippen molar-refractivity contribution in [3.63, 3.8) is 0 Å². The SMILES string of the molecule is CCOC(=O)c1[nH]c2ccc(F)cc2c1NC(=O)CN1CCC(C)CC1. The second kappa shape index (κ2) is 7.86. The molecule has 7 heteroatoms. The van der Waals surface area contributed by atoms with Gasteiger partial charge in [0.05, 0.1) is 18.8 Å². The summed E-state index contributed by atoms with van der Waals surface area (Å²) in [5.74, 6) is -0.560. The molecule has 0 aliphatic carbocycles. The van der Waals surface area contributed by atoms with Gasteiger partial charge in [0.1, 0.15) is 11.5 Å². The van der Waals surface area contributed by atoms with Crippen molar-refractivity contribution >= 4 is 28.5 Å². The molecule has 2 N–H and O–H groups in total. The predicted octanol–water partition coefficient (Wildman–Crippen LogP) is 3.15. The molecular formula is C19H24FN3O3. The highest BCUT2D eigenvalue weighted by Gasteiger charge is 2.23. The summed E-state index contributed by atoms with van der Waals surface area (Å²) >= 11 is 0. The van der Waals surface area contributed by atoms with Gasteiger partial charge in [-0.05, 0) is 57.0 Å². The molecule has 0 atom stereocenters. The van der Waals surface area contributed by atoms with E-state index >= 15 is 0 Å². The van der Waals surface area contributed by atoms with Crippen LogP contribution in [0.15, 0.2) is 18.2 Å². The Bertz CT molecular complexity index is 810. The number of rotatable bonds is 5. The Morgan fingerprint density at radius 2 is 2.08 bits per heavy atom. The van der Waals surface area contributed by atoms with Crippen molar-refractivity contribution in [2.24, 2.45) is 5.92 Å². The van der Waals surface area contributed by atoms with Crippen LogP contribution in [0.3, 0.4) is 0 Å². The average Bonchev–Trinajstić information content (AvgIpc) is 2.95. The fourth-order valence-corrected chi connectivity index (χ4v) is 3.25. The normalized spacial score (nSPS) is 16.0. The number of hydrogen-bond acceptors (Lipinski definition) is 4. The largest absolute Gasteiger partial charge is 0.461 e. The Morgan fingerprint density at radius 1 is 1.35 bits per heavy atom. The number of nitrogens with zero attached hydrogens (tertiary/aromatic N) is 1. The zero-order chi connectivity index (χ0) is 18.7. The Balaban J connectivity index is 1.82. The molecule has 0 bridgehead atoms. The van der Waals surface area contributed by atoms with Gasteiger partial charge in [-0.15, -0.1) is 0 Å². The van der Waals surface area contributed by atoms with E-state index in [4.69, 9.17) is 4.74 Å². The molecule has 6 nitrogen and oxygen atoms in total. The number of H-pyrrole nitrogens is 1. The molecule has 1 aliphatic heterocycles. The molecule has 1 aromatic heterocycles. The summed E-state index contributed by atoms with van der Waals surface area (Å²) in [5, 5.41) is 3.23. The number of aromatic amines is 1. The third-order valence-corrected chi connectivity index (χ3v) is 4.75. The number of likely N-dealkylation sites (tertiary alicyclic amines) is 1. The Morgan fingerprint density at radius 3 is 2.77 bits per heavy atom. The second-order valence-corrected chi connectivity index (χ2v) is 6.79. The van der Waals surface area contributed by atoms with Crippen LogP contribution in [0.25, 0.3) is 10.9 Å². The highest BCUT2D eigenvalue weighted by atomic mass is 19.1. The minimum absolute atomic E-state index is 0.132. The van der Waals surface area contributed by atoms with Crippen LogP contribution >= 0.6 is 0 Å². The van der Waals surface area contributed by atoms with E-state index in [0.717, 1.165) is 25.9 Å². The van der Waals surface area contributed by atoms with Crippen molar-refractivity contribution in [2.75, 3.05) is 31.6 Å². The molecule has 1 fully saturated rings. The number of esters is 1. The van der Waals surface area contributed by atoms with Gasteiger partial charge >= 0.3 is 5.97 Å². The summed E-state index contributed by atoms with van der Waals surface area (Å²) in [6.07, 6.45) is 2.14. The average molecular weight is 361 g/mol. The van der Waals surface area contributed by atoms with Gasteiger partial charge < -0.3 is 15.0 Å². The molecule has 2 aromatic rings.